The van der Waals surface area contributed by atoms with Crippen molar-refractivity contribution in [2.45, 2.75) is 6.42 Å². The van der Waals surface area contributed by atoms with Crippen molar-refractivity contribution in [3.63, 3.8) is 0 Å². The predicted molar refractivity (Wildman–Crippen MR) is 117 cm³/mol. The number of nitrogens with one attached hydrogen (secondary N) is 1. The molecule has 31 heavy (non-hydrogen) atoms. The van der Waals surface area contributed by atoms with Crippen molar-refractivity contribution in [2.75, 3.05) is 32.8 Å². The Bertz CT molecular complexity index is 1040. The number of carbonyl (C=O) groups is 2. The average molecular weight is 416 g/mol. The molecule has 0 aliphatic carbocycles. The summed E-state index contributed by atoms with van der Waals surface area (Å²) in [5, 5.41) is 2.91. The minimum atomic E-state index is -0.154. The Labute approximate surface area is 181 Å². The molecule has 1 fully saturated rings. The molecule has 1 N–H and O–H groups in total. The van der Waals surface area contributed by atoms with Gasteiger partial charge in [-0.3, -0.25) is 9.59 Å². The van der Waals surface area contributed by atoms with Gasteiger partial charge in [-0.1, -0.05) is 48.5 Å². The Balaban J connectivity index is 1.54. The fourth-order valence-corrected chi connectivity index (χ4v) is 3.44. The SMILES string of the molecule is O=C(NCCc1nc(-c2ccccc2)ncc1C(=O)N1CCOCC1)c1ccccc1. The van der Waals surface area contributed by atoms with Crippen molar-refractivity contribution in [1.82, 2.24) is 20.2 Å². The van der Waals surface area contributed by atoms with Gasteiger partial charge in [0.1, 0.15) is 0 Å². The van der Waals surface area contributed by atoms with E-state index in [2.05, 4.69) is 15.3 Å². The van der Waals surface area contributed by atoms with Gasteiger partial charge >= 0.3 is 0 Å². The predicted octanol–water partition coefficient (Wildman–Crippen LogP) is 2.59. The number of rotatable bonds is 6. The van der Waals surface area contributed by atoms with E-state index in [4.69, 9.17) is 4.74 Å². The maximum Gasteiger partial charge on any atom is 0.257 e. The molecule has 0 atom stereocenters. The number of morpholine rings is 1. The monoisotopic (exact) mass is 416 g/mol. The van der Waals surface area contributed by atoms with E-state index >= 15 is 0 Å². The van der Waals surface area contributed by atoms with Crippen molar-refractivity contribution in [3.05, 3.63) is 83.7 Å². The van der Waals surface area contributed by atoms with Gasteiger partial charge in [-0.15, -0.1) is 0 Å². The van der Waals surface area contributed by atoms with Crippen molar-refractivity contribution < 1.29 is 14.3 Å². The molecule has 1 aliphatic heterocycles. The average Bonchev–Trinajstić information content (AvgIpc) is 2.85. The van der Waals surface area contributed by atoms with Gasteiger partial charge in [0.25, 0.3) is 11.8 Å². The van der Waals surface area contributed by atoms with Crippen LogP contribution in [0.25, 0.3) is 11.4 Å². The Morgan fingerprint density at radius 3 is 2.35 bits per heavy atom. The third-order valence-electron chi connectivity index (χ3n) is 5.11. The van der Waals surface area contributed by atoms with Crippen LogP contribution in [-0.4, -0.2) is 59.5 Å². The Morgan fingerprint density at radius 2 is 1.65 bits per heavy atom. The molecule has 0 saturated carbocycles. The summed E-state index contributed by atoms with van der Waals surface area (Å²) in [5.41, 5.74) is 2.57. The third-order valence-corrected chi connectivity index (χ3v) is 5.11. The Hall–Kier alpha value is -3.58. The second-order valence-corrected chi connectivity index (χ2v) is 7.20. The normalized spacial score (nSPS) is 13.6. The van der Waals surface area contributed by atoms with Crippen LogP contribution in [0.15, 0.2) is 66.9 Å². The number of hydrogen-bond acceptors (Lipinski definition) is 5. The quantitative estimate of drug-likeness (QED) is 0.668. The number of amides is 2. The second kappa shape index (κ2) is 9.95. The van der Waals surface area contributed by atoms with Crippen molar-refractivity contribution in [2.24, 2.45) is 0 Å². The first-order valence-corrected chi connectivity index (χ1v) is 10.3. The van der Waals surface area contributed by atoms with E-state index in [0.29, 0.717) is 61.9 Å². The van der Waals surface area contributed by atoms with E-state index in [-0.39, 0.29) is 11.8 Å². The topological polar surface area (TPSA) is 84.4 Å². The highest BCUT2D eigenvalue weighted by molar-refractivity contribution is 5.95. The third kappa shape index (κ3) is 5.13. The van der Waals surface area contributed by atoms with Crippen molar-refractivity contribution in [3.8, 4) is 11.4 Å². The van der Waals surface area contributed by atoms with Gasteiger partial charge in [0.2, 0.25) is 0 Å². The van der Waals surface area contributed by atoms with Gasteiger partial charge in [-0.05, 0) is 12.1 Å². The van der Waals surface area contributed by atoms with Gasteiger partial charge in [0.05, 0.1) is 24.5 Å². The standard InChI is InChI=1S/C24H24N4O3/c29-23(19-9-5-2-6-10-19)25-12-11-21-20(24(30)28-13-15-31-16-14-28)17-26-22(27-21)18-7-3-1-4-8-18/h1-10,17H,11-16H2,(H,25,29). The Morgan fingerprint density at radius 1 is 0.968 bits per heavy atom. The lowest BCUT2D eigenvalue weighted by Crippen LogP contribution is -2.41. The van der Waals surface area contributed by atoms with E-state index in [1.165, 1.54) is 0 Å². The summed E-state index contributed by atoms with van der Waals surface area (Å²) < 4.78 is 5.35. The number of nitrogens with zero attached hydrogens (tertiary/aromatic N) is 3. The molecule has 2 heterocycles. The van der Waals surface area contributed by atoms with Crippen LogP contribution in [0.1, 0.15) is 26.4 Å². The maximum atomic E-state index is 13.1. The lowest BCUT2D eigenvalue weighted by atomic mass is 10.1. The van der Waals surface area contributed by atoms with Crippen molar-refractivity contribution in [1.29, 1.82) is 0 Å². The van der Waals surface area contributed by atoms with Crippen LogP contribution in [0, 0.1) is 0 Å². The fraction of sp³-hybridized carbons (Fsp3) is 0.250. The Kier molecular flexibility index (Phi) is 6.64. The zero-order valence-electron chi connectivity index (χ0n) is 17.2. The zero-order chi connectivity index (χ0) is 21.5. The second-order valence-electron chi connectivity index (χ2n) is 7.20. The number of carbonyl (C=O) groups excluding carboxylic acids is 2. The molecule has 2 amide bonds. The largest absolute Gasteiger partial charge is 0.378 e. The molecule has 1 saturated heterocycles. The van der Waals surface area contributed by atoms with Gasteiger partial charge in [-0.2, -0.15) is 0 Å². The molecule has 4 rings (SSSR count). The zero-order valence-corrected chi connectivity index (χ0v) is 17.2. The van der Waals surface area contributed by atoms with Gasteiger partial charge in [-0.25, -0.2) is 9.97 Å². The van der Waals surface area contributed by atoms with E-state index in [1.54, 1.807) is 23.2 Å². The fourth-order valence-electron chi connectivity index (χ4n) is 3.44. The molecule has 1 aromatic heterocycles. The molecule has 158 valence electrons. The first kappa shape index (κ1) is 20.7. The summed E-state index contributed by atoms with van der Waals surface area (Å²) in [6.07, 6.45) is 2.02. The molecular weight excluding hydrogens is 392 g/mol. The number of aromatic nitrogens is 2. The molecule has 7 heteroatoms. The van der Waals surface area contributed by atoms with Crippen LogP contribution < -0.4 is 5.32 Å². The van der Waals surface area contributed by atoms with E-state index in [9.17, 15) is 9.59 Å². The van der Waals surface area contributed by atoms with Gasteiger partial charge < -0.3 is 15.0 Å². The molecular formula is C24H24N4O3. The summed E-state index contributed by atoms with van der Waals surface area (Å²) in [7, 11) is 0. The summed E-state index contributed by atoms with van der Waals surface area (Å²) in [4.78, 5) is 36.3. The lowest BCUT2D eigenvalue weighted by molar-refractivity contribution is 0.0301. The molecule has 0 unspecified atom stereocenters. The number of hydrogen-bond donors (Lipinski definition) is 1. The maximum absolute atomic E-state index is 13.1. The highest BCUT2D eigenvalue weighted by Crippen LogP contribution is 2.18. The van der Waals surface area contributed by atoms with E-state index in [1.807, 2.05) is 48.5 Å². The summed E-state index contributed by atoms with van der Waals surface area (Å²) >= 11 is 0. The van der Waals surface area contributed by atoms with Crippen molar-refractivity contribution >= 4 is 11.8 Å². The van der Waals surface area contributed by atoms with E-state index < -0.39 is 0 Å². The van der Waals surface area contributed by atoms with Gasteiger partial charge in [0.15, 0.2) is 5.82 Å². The van der Waals surface area contributed by atoms with Crippen LogP contribution in [0.5, 0.6) is 0 Å². The van der Waals surface area contributed by atoms with Crippen LogP contribution in [-0.2, 0) is 11.2 Å². The van der Waals surface area contributed by atoms with Crippen LogP contribution in [0.3, 0.4) is 0 Å². The summed E-state index contributed by atoms with van der Waals surface area (Å²) in [6, 6.07) is 18.7. The minimum Gasteiger partial charge on any atom is -0.378 e. The van der Waals surface area contributed by atoms with Crippen LogP contribution >= 0.6 is 0 Å². The highest BCUT2D eigenvalue weighted by Gasteiger charge is 2.23. The molecule has 0 bridgehead atoms. The smallest absolute Gasteiger partial charge is 0.257 e. The minimum absolute atomic E-state index is 0.104. The molecule has 0 radical (unpaired) electrons. The van der Waals surface area contributed by atoms with E-state index in [0.717, 1.165) is 5.56 Å². The first-order chi connectivity index (χ1) is 15.2. The number of ether oxygens (including phenoxy) is 1. The summed E-state index contributed by atoms with van der Waals surface area (Å²) in [6.45, 7) is 2.50. The van der Waals surface area contributed by atoms with Crippen LogP contribution in [0.2, 0.25) is 0 Å². The van der Waals surface area contributed by atoms with Crippen LogP contribution in [0.4, 0.5) is 0 Å². The molecule has 3 aromatic rings. The molecule has 7 nitrogen and oxygen atoms in total. The first-order valence-electron chi connectivity index (χ1n) is 10.3. The number of benzene rings is 2. The highest BCUT2D eigenvalue weighted by atomic mass is 16.5. The lowest BCUT2D eigenvalue weighted by Gasteiger charge is -2.27. The summed E-state index contributed by atoms with van der Waals surface area (Å²) in [5.74, 6) is 0.301. The molecule has 2 aromatic carbocycles. The van der Waals surface area contributed by atoms with Gasteiger partial charge in [0, 0.05) is 43.4 Å². The molecule has 1 aliphatic rings. The molecule has 0 spiro atoms.